The van der Waals surface area contributed by atoms with E-state index in [0.717, 1.165) is 0 Å². The Kier molecular flexibility index (Phi) is 5.49. The molecular weight excluding hydrogens is 320 g/mol. The highest BCUT2D eigenvalue weighted by Gasteiger charge is 2.65. The van der Waals surface area contributed by atoms with E-state index in [0.29, 0.717) is 13.2 Å². The molecule has 0 aromatic rings. The van der Waals surface area contributed by atoms with Crippen LogP contribution in [0.5, 0.6) is 0 Å². The summed E-state index contributed by atoms with van der Waals surface area (Å²) in [5.74, 6) is 0. The second-order valence-electron chi connectivity index (χ2n) is 9.66. The smallest absolute Gasteiger partial charge is 0.318 e. The third-order valence-corrected chi connectivity index (χ3v) is 4.43. The first-order valence-corrected chi connectivity index (χ1v) is 9.31. The van der Waals surface area contributed by atoms with Crippen LogP contribution in [0.15, 0.2) is 0 Å². The minimum Gasteiger partial charge on any atom is -0.373 e. The van der Waals surface area contributed by atoms with Crippen molar-refractivity contribution in [1.82, 2.24) is 10.2 Å². The molecule has 4 atom stereocenters. The molecule has 0 spiro atoms. The molecule has 2 fully saturated rings. The lowest BCUT2D eigenvalue weighted by Gasteiger charge is -2.37. The number of amides is 2. The number of nitrogens with zero attached hydrogens (tertiary/aromatic N) is 1. The topological polar surface area (TPSA) is 60.0 Å². The summed E-state index contributed by atoms with van der Waals surface area (Å²) in [7, 11) is 0. The molecule has 25 heavy (non-hydrogen) atoms. The maximum Gasteiger partial charge on any atom is 0.318 e. The van der Waals surface area contributed by atoms with Gasteiger partial charge in [0.2, 0.25) is 0 Å². The van der Waals surface area contributed by atoms with Crippen LogP contribution in [0.4, 0.5) is 4.79 Å². The first-order valence-electron chi connectivity index (χ1n) is 9.31. The monoisotopic (exact) mass is 356 g/mol. The molecule has 2 rings (SSSR count). The number of hydrogen-bond donors (Lipinski definition) is 1. The number of carbonyl (C=O) groups excluding carboxylic acids is 1. The zero-order chi connectivity index (χ0) is 19.2. The lowest BCUT2D eigenvalue weighted by molar-refractivity contribution is -0.177. The van der Waals surface area contributed by atoms with Crippen molar-refractivity contribution in [2.24, 2.45) is 0 Å². The van der Waals surface area contributed by atoms with Gasteiger partial charge in [-0.2, -0.15) is 0 Å². The van der Waals surface area contributed by atoms with Crippen LogP contribution in [0.2, 0.25) is 0 Å². The molecule has 2 amide bonds. The second kappa shape index (κ2) is 6.71. The maximum atomic E-state index is 12.7. The molecule has 0 radical (unpaired) electrons. The van der Waals surface area contributed by atoms with E-state index < -0.39 is 5.60 Å². The Morgan fingerprint density at radius 2 is 1.84 bits per heavy atom. The van der Waals surface area contributed by atoms with Gasteiger partial charge >= 0.3 is 6.03 Å². The van der Waals surface area contributed by atoms with Crippen LogP contribution >= 0.6 is 0 Å². The van der Waals surface area contributed by atoms with Gasteiger partial charge in [0.15, 0.2) is 0 Å². The average Bonchev–Trinajstić information content (AvgIpc) is 2.82. The first-order chi connectivity index (χ1) is 11.2. The van der Waals surface area contributed by atoms with Gasteiger partial charge in [-0.3, -0.25) is 0 Å². The number of hydrogen-bond acceptors (Lipinski definition) is 4. The molecule has 6 nitrogen and oxygen atoms in total. The van der Waals surface area contributed by atoms with Crippen LogP contribution in [-0.2, 0) is 14.2 Å². The van der Waals surface area contributed by atoms with E-state index in [1.807, 2.05) is 67.2 Å². The largest absolute Gasteiger partial charge is 0.373 e. The van der Waals surface area contributed by atoms with Crippen molar-refractivity contribution >= 4 is 6.03 Å². The predicted molar refractivity (Wildman–Crippen MR) is 97.8 cm³/mol. The van der Waals surface area contributed by atoms with Gasteiger partial charge in [-0.1, -0.05) is 0 Å². The van der Waals surface area contributed by atoms with Crippen LogP contribution in [0, 0.1) is 0 Å². The van der Waals surface area contributed by atoms with E-state index in [1.165, 1.54) is 0 Å². The Balaban J connectivity index is 2.28. The van der Waals surface area contributed by atoms with Crippen molar-refractivity contribution in [3.63, 3.8) is 0 Å². The molecule has 2 bridgehead atoms. The van der Waals surface area contributed by atoms with Crippen molar-refractivity contribution in [2.45, 2.75) is 103 Å². The quantitative estimate of drug-likeness (QED) is 0.841. The van der Waals surface area contributed by atoms with Gasteiger partial charge in [0.1, 0.15) is 11.7 Å². The fraction of sp³-hybridized carbons (Fsp3) is 0.947. The number of likely N-dealkylation sites (tertiary alicyclic amines) is 1. The zero-order valence-corrected chi connectivity index (χ0v) is 17.3. The second-order valence-corrected chi connectivity index (χ2v) is 9.66. The standard InChI is InChI=1S/C19H36N2O4/c1-12(2)20-16(22)21-10-19(11-23-17(4,5)6)15(25-18(7,8)9)14(21)13(3)24-19/h12-15H,10-11H2,1-9H3,(H,20,22)/t13-,14-,15-,19+/m0/s1. The van der Waals surface area contributed by atoms with E-state index >= 15 is 0 Å². The zero-order valence-electron chi connectivity index (χ0n) is 17.3. The van der Waals surface area contributed by atoms with Crippen molar-refractivity contribution in [2.75, 3.05) is 13.2 Å². The summed E-state index contributed by atoms with van der Waals surface area (Å²) in [6, 6.07) is -0.0801. The number of rotatable bonds is 4. The van der Waals surface area contributed by atoms with Gasteiger partial charge < -0.3 is 24.4 Å². The van der Waals surface area contributed by atoms with E-state index in [9.17, 15) is 4.79 Å². The summed E-state index contributed by atoms with van der Waals surface area (Å²) in [5, 5.41) is 3.00. The first kappa shape index (κ1) is 20.5. The summed E-state index contributed by atoms with van der Waals surface area (Å²) in [6.45, 7) is 19.0. The molecule has 0 unspecified atom stereocenters. The molecular formula is C19H36N2O4. The summed E-state index contributed by atoms with van der Waals surface area (Å²) >= 11 is 0. The number of ether oxygens (including phenoxy) is 3. The highest BCUT2D eigenvalue weighted by atomic mass is 16.6. The molecule has 2 heterocycles. The molecule has 1 N–H and O–H groups in total. The molecule has 0 saturated carbocycles. The molecule has 0 aromatic heterocycles. The van der Waals surface area contributed by atoms with Crippen LogP contribution in [-0.4, -0.2) is 65.2 Å². The number of urea groups is 1. The van der Waals surface area contributed by atoms with Crippen molar-refractivity contribution in [3.8, 4) is 0 Å². The SMILES string of the molecule is CC(C)NC(=O)N1C[C@]2(COC(C)(C)C)O[C@@H](C)[C@H]1[C@@H]2OC(C)(C)C. The lowest BCUT2D eigenvalue weighted by Crippen LogP contribution is -2.54. The third-order valence-electron chi connectivity index (χ3n) is 4.43. The average molecular weight is 357 g/mol. The predicted octanol–water partition coefficient (Wildman–Crippen LogP) is 2.94. The number of nitrogens with one attached hydrogen (secondary N) is 1. The Labute approximate surface area is 152 Å². The Morgan fingerprint density at radius 1 is 1.24 bits per heavy atom. The van der Waals surface area contributed by atoms with Crippen LogP contribution < -0.4 is 5.32 Å². The van der Waals surface area contributed by atoms with Crippen molar-refractivity contribution in [3.05, 3.63) is 0 Å². The fourth-order valence-corrected chi connectivity index (χ4v) is 3.60. The fourth-order valence-electron chi connectivity index (χ4n) is 3.60. The van der Waals surface area contributed by atoms with Gasteiger partial charge in [-0.15, -0.1) is 0 Å². The van der Waals surface area contributed by atoms with Gasteiger partial charge in [-0.25, -0.2) is 4.79 Å². The maximum absolute atomic E-state index is 12.7. The van der Waals surface area contributed by atoms with E-state index in [1.54, 1.807) is 0 Å². The van der Waals surface area contributed by atoms with E-state index in [2.05, 4.69) is 5.32 Å². The molecule has 0 aliphatic carbocycles. The molecule has 2 aliphatic rings. The minimum absolute atomic E-state index is 0.0599. The highest BCUT2D eigenvalue weighted by molar-refractivity contribution is 5.76. The lowest BCUT2D eigenvalue weighted by atomic mass is 9.97. The van der Waals surface area contributed by atoms with E-state index in [4.69, 9.17) is 14.2 Å². The molecule has 2 aliphatic heterocycles. The Morgan fingerprint density at radius 3 is 2.32 bits per heavy atom. The highest BCUT2D eigenvalue weighted by Crippen LogP contribution is 2.45. The van der Waals surface area contributed by atoms with Gasteiger partial charge in [0.05, 0.1) is 36.5 Å². The van der Waals surface area contributed by atoms with Gasteiger partial charge in [-0.05, 0) is 62.3 Å². The van der Waals surface area contributed by atoms with Gasteiger partial charge in [0.25, 0.3) is 0 Å². The normalized spacial score (nSPS) is 32.6. The molecule has 0 aromatic carbocycles. The minimum atomic E-state index is -0.626. The molecule has 2 saturated heterocycles. The van der Waals surface area contributed by atoms with Crippen molar-refractivity contribution in [1.29, 1.82) is 0 Å². The number of carbonyl (C=O) groups is 1. The summed E-state index contributed by atoms with van der Waals surface area (Å²) < 4.78 is 18.8. The molecule has 6 heteroatoms. The van der Waals surface area contributed by atoms with Crippen LogP contribution in [0.3, 0.4) is 0 Å². The summed E-state index contributed by atoms with van der Waals surface area (Å²) in [4.78, 5) is 14.6. The van der Waals surface area contributed by atoms with E-state index in [-0.39, 0.29) is 41.5 Å². The molecule has 146 valence electrons. The summed E-state index contributed by atoms with van der Waals surface area (Å²) in [5.41, 5.74) is -1.23. The summed E-state index contributed by atoms with van der Waals surface area (Å²) in [6.07, 6.45) is -0.301. The Bertz CT molecular complexity index is 495. The van der Waals surface area contributed by atoms with Crippen molar-refractivity contribution < 1.29 is 19.0 Å². The van der Waals surface area contributed by atoms with Gasteiger partial charge in [0, 0.05) is 6.04 Å². The van der Waals surface area contributed by atoms with Crippen LogP contribution in [0.25, 0.3) is 0 Å². The number of fused-ring (bicyclic) bond motifs is 2. The Hall–Kier alpha value is -0.850. The number of morpholine rings is 1. The third kappa shape index (κ3) is 4.66. The van der Waals surface area contributed by atoms with Crippen LogP contribution in [0.1, 0.15) is 62.3 Å².